The topological polar surface area (TPSA) is 38.7 Å². The summed E-state index contributed by atoms with van der Waals surface area (Å²) < 4.78 is 0. The smallest absolute Gasteiger partial charge is 0.178 e. The van der Waals surface area contributed by atoms with E-state index in [4.69, 9.17) is 16.5 Å². The molecule has 3 aromatic carbocycles. The minimum absolute atomic E-state index is 0.000673. The highest BCUT2D eigenvalue weighted by Gasteiger charge is 2.56. The van der Waals surface area contributed by atoms with Crippen LogP contribution in [0.4, 0.5) is 23.0 Å². The molecule has 4 aliphatic heterocycles. The van der Waals surface area contributed by atoms with Crippen molar-refractivity contribution in [2.45, 2.75) is 25.2 Å². The van der Waals surface area contributed by atoms with E-state index in [2.05, 4.69) is 126 Å². The zero-order chi connectivity index (χ0) is 26.4. The first-order valence-electron chi connectivity index (χ1n) is 13.6. The zero-order valence-corrected chi connectivity index (χ0v) is 22.4. The van der Waals surface area contributed by atoms with Gasteiger partial charge in [0.1, 0.15) is 12.3 Å². The molecule has 6 heteroatoms. The van der Waals surface area contributed by atoms with Crippen molar-refractivity contribution >= 4 is 28.6 Å². The van der Waals surface area contributed by atoms with Gasteiger partial charge in [0, 0.05) is 55.1 Å². The lowest BCUT2D eigenvalue weighted by Gasteiger charge is -2.50. The van der Waals surface area contributed by atoms with Gasteiger partial charge in [-0.05, 0) is 35.8 Å². The van der Waals surface area contributed by atoms with Gasteiger partial charge in [0.05, 0.1) is 17.6 Å². The summed E-state index contributed by atoms with van der Waals surface area (Å²) in [6.07, 6.45) is 6.48. The van der Waals surface area contributed by atoms with Crippen molar-refractivity contribution in [2.75, 3.05) is 28.8 Å². The minimum Gasteiger partial charge on any atom is -0.358 e. The fraction of sp³-hybridized carbons (Fsp3) is 0.212. The van der Waals surface area contributed by atoms with E-state index in [1.165, 1.54) is 22.4 Å². The van der Waals surface area contributed by atoms with E-state index in [9.17, 15) is 0 Å². The Labute approximate surface area is 229 Å². The number of para-hydroxylation sites is 2. The number of anilines is 4. The molecule has 0 fully saturated rings. The van der Waals surface area contributed by atoms with Crippen molar-refractivity contribution in [1.29, 1.82) is 0 Å². The molecule has 6 nitrogen and oxygen atoms in total. The van der Waals surface area contributed by atoms with Crippen LogP contribution in [0.25, 0.3) is 16.8 Å². The summed E-state index contributed by atoms with van der Waals surface area (Å²) >= 11 is 0. The molecule has 0 bridgehead atoms. The highest BCUT2D eigenvalue weighted by Crippen LogP contribution is 2.59. The number of nitrogens with zero attached hydrogens (tertiary/aromatic N) is 6. The molecule has 39 heavy (non-hydrogen) atoms. The van der Waals surface area contributed by atoms with Crippen LogP contribution in [0.1, 0.15) is 22.6 Å². The first-order valence-corrected chi connectivity index (χ1v) is 13.6. The van der Waals surface area contributed by atoms with Crippen LogP contribution in [-0.2, 0) is 0 Å². The molecule has 0 saturated heterocycles. The van der Waals surface area contributed by atoms with E-state index in [-0.39, 0.29) is 24.2 Å². The average molecular weight is 511 g/mol. The quantitative estimate of drug-likeness (QED) is 0.297. The SMILES string of the molecule is C=C1c2ccccc2N2c3nc(-c4ccccc4C)cnc3N(C)C2C2C1c1ccccc1N1C=CN(C)C21. The zero-order valence-electron chi connectivity index (χ0n) is 22.4. The molecule has 0 amide bonds. The molecule has 4 atom stereocenters. The van der Waals surface area contributed by atoms with E-state index < -0.39 is 0 Å². The molecule has 5 heterocycles. The molecule has 0 N–H and O–H groups in total. The summed E-state index contributed by atoms with van der Waals surface area (Å²) in [7, 11) is 4.36. The number of hydrogen-bond donors (Lipinski definition) is 0. The Morgan fingerprint density at radius 3 is 2.31 bits per heavy atom. The van der Waals surface area contributed by atoms with Crippen LogP contribution in [0.15, 0.2) is 98.0 Å². The van der Waals surface area contributed by atoms with E-state index in [1.54, 1.807) is 0 Å². The minimum atomic E-state index is 0.000673. The van der Waals surface area contributed by atoms with Gasteiger partial charge in [-0.1, -0.05) is 67.2 Å². The summed E-state index contributed by atoms with van der Waals surface area (Å²) in [5, 5.41) is 0. The van der Waals surface area contributed by atoms with Crippen molar-refractivity contribution < 1.29 is 0 Å². The third kappa shape index (κ3) is 2.91. The summed E-state index contributed by atoms with van der Waals surface area (Å²) in [5.41, 5.74) is 9.26. The molecule has 4 aromatic rings. The van der Waals surface area contributed by atoms with Crippen molar-refractivity contribution in [3.8, 4) is 11.3 Å². The third-order valence-electron chi connectivity index (χ3n) is 9.05. The van der Waals surface area contributed by atoms with Gasteiger partial charge in [0.15, 0.2) is 11.6 Å². The van der Waals surface area contributed by atoms with Crippen LogP contribution in [0.2, 0.25) is 0 Å². The lowest BCUT2D eigenvalue weighted by atomic mass is 9.72. The van der Waals surface area contributed by atoms with Gasteiger partial charge in [0.2, 0.25) is 0 Å². The predicted molar refractivity (Wildman–Crippen MR) is 158 cm³/mol. The molecule has 192 valence electrons. The molecule has 1 aromatic heterocycles. The summed E-state index contributed by atoms with van der Waals surface area (Å²) in [4.78, 5) is 19.9. The summed E-state index contributed by atoms with van der Waals surface area (Å²) in [6, 6.07) is 25.9. The maximum atomic E-state index is 5.32. The average Bonchev–Trinajstić information content (AvgIpc) is 3.45. The number of aryl methyl sites for hydroxylation is 1. The fourth-order valence-electron chi connectivity index (χ4n) is 7.35. The fourth-order valence-corrected chi connectivity index (χ4v) is 7.35. The number of aromatic nitrogens is 2. The third-order valence-corrected chi connectivity index (χ3v) is 9.05. The Bertz CT molecular complexity index is 1690. The number of allylic oxidation sites excluding steroid dienone is 1. The van der Waals surface area contributed by atoms with Gasteiger partial charge < -0.3 is 19.6 Å². The Kier molecular flexibility index (Phi) is 4.57. The van der Waals surface area contributed by atoms with Crippen LogP contribution >= 0.6 is 0 Å². The lowest BCUT2D eigenvalue weighted by molar-refractivity contribution is 0.204. The second-order valence-corrected chi connectivity index (χ2v) is 11.1. The van der Waals surface area contributed by atoms with Crippen molar-refractivity contribution in [3.63, 3.8) is 0 Å². The number of rotatable bonds is 1. The molecule has 0 aliphatic carbocycles. The number of benzene rings is 3. The highest BCUT2D eigenvalue weighted by molar-refractivity contribution is 5.91. The first-order chi connectivity index (χ1) is 19.0. The molecule has 4 aliphatic rings. The first kappa shape index (κ1) is 22.4. The van der Waals surface area contributed by atoms with Crippen LogP contribution in [-0.4, -0.2) is 41.3 Å². The van der Waals surface area contributed by atoms with Gasteiger partial charge >= 0.3 is 0 Å². The predicted octanol–water partition coefficient (Wildman–Crippen LogP) is 6.36. The van der Waals surface area contributed by atoms with Crippen LogP contribution in [0.5, 0.6) is 0 Å². The maximum absolute atomic E-state index is 5.32. The van der Waals surface area contributed by atoms with Crippen molar-refractivity contribution in [1.82, 2.24) is 14.9 Å². The lowest BCUT2D eigenvalue weighted by Crippen LogP contribution is -2.58. The maximum Gasteiger partial charge on any atom is 0.178 e. The molecule has 0 radical (unpaired) electrons. The monoisotopic (exact) mass is 510 g/mol. The molecular formula is C33H30N6. The summed E-state index contributed by atoms with van der Waals surface area (Å²) in [5.74, 6) is 2.12. The van der Waals surface area contributed by atoms with E-state index in [1.807, 2.05) is 6.20 Å². The number of hydrogen-bond acceptors (Lipinski definition) is 6. The molecule has 4 unspecified atom stereocenters. The van der Waals surface area contributed by atoms with Gasteiger partial charge in [-0.3, -0.25) is 0 Å². The van der Waals surface area contributed by atoms with Crippen molar-refractivity contribution in [3.05, 3.63) is 115 Å². The second kappa shape index (κ2) is 7.96. The van der Waals surface area contributed by atoms with Crippen LogP contribution < -0.4 is 14.7 Å². The normalized spacial score (nSPS) is 24.0. The highest BCUT2D eigenvalue weighted by atomic mass is 15.5. The van der Waals surface area contributed by atoms with E-state index >= 15 is 0 Å². The molecule has 0 spiro atoms. The van der Waals surface area contributed by atoms with E-state index in [0.717, 1.165) is 34.2 Å². The van der Waals surface area contributed by atoms with Gasteiger partial charge in [-0.15, -0.1) is 0 Å². The van der Waals surface area contributed by atoms with Crippen molar-refractivity contribution in [2.24, 2.45) is 5.92 Å². The molecule has 0 saturated carbocycles. The Morgan fingerprint density at radius 1 is 0.769 bits per heavy atom. The summed E-state index contributed by atoms with van der Waals surface area (Å²) in [6.45, 7) is 6.92. The molecule has 8 rings (SSSR count). The Morgan fingerprint density at radius 2 is 1.49 bits per heavy atom. The largest absolute Gasteiger partial charge is 0.358 e. The van der Waals surface area contributed by atoms with Crippen LogP contribution in [0.3, 0.4) is 0 Å². The standard InChI is InChI=1S/C33H30N6/c1-20-11-5-6-12-22(20)25-19-34-30-31(35-25)39-27-16-10-7-13-23(27)21(2)28-24-14-8-9-15-26(24)38-18-17-36(3)32(38)29(28)33(39)37(30)4/h5-19,28-29,32-33H,2H2,1,3-4H3. The van der Waals surface area contributed by atoms with Gasteiger partial charge in [-0.2, -0.15) is 0 Å². The van der Waals surface area contributed by atoms with Gasteiger partial charge in [-0.25, -0.2) is 9.97 Å². The van der Waals surface area contributed by atoms with E-state index in [0.29, 0.717) is 0 Å². The number of fused-ring (bicyclic) bond motifs is 12. The Hall–Kier alpha value is -4.58. The van der Waals surface area contributed by atoms with Gasteiger partial charge in [0.25, 0.3) is 0 Å². The second-order valence-electron chi connectivity index (χ2n) is 11.1. The Balaban J connectivity index is 1.39. The molecular weight excluding hydrogens is 480 g/mol. The van der Waals surface area contributed by atoms with Crippen LogP contribution in [0, 0.1) is 12.8 Å².